The van der Waals surface area contributed by atoms with Gasteiger partial charge in [-0.25, -0.2) is 0 Å². The van der Waals surface area contributed by atoms with Crippen molar-refractivity contribution < 1.29 is 4.74 Å². The maximum absolute atomic E-state index is 6.11. The van der Waals surface area contributed by atoms with Crippen LogP contribution in [0.4, 0.5) is 0 Å². The molecule has 90 valence electrons. The number of ether oxygens (including phenoxy) is 1. The van der Waals surface area contributed by atoms with Crippen LogP contribution in [0.25, 0.3) is 0 Å². The van der Waals surface area contributed by atoms with E-state index in [1.54, 1.807) is 0 Å². The molecule has 0 heterocycles. The van der Waals surface area contributed by atoms with Crippen molar-refractivity contribution in [2.75, 3.05) is 6.54 Å². The predicted octanol–water partition coefficient (Wildman–Crippen LogP) is 2.96. The van der Waals surface area contributed by atoms with Gasteiger partial charge < -0.3 is 10.5 Å². The Morgan fingerprint density at radius 3 is 2.40 bits per heavy atom. The van der Waals surface area contributed by atoms with Crippen molar-refractivity contribution in [2.45, 2.75) is 65.6 Å². The molecule has 0 aromatic heterocycles. The van der Waals surface area contributed by atoms with Crippen molar-refractivity contribution >= 4 is 0 Å². The normalized spacial score (nSPS) is 31.6. The van der Waals surface area contributed by atoms with Crippen LogP contribution in [0.1, 0.15) is 53.9 Å². The topological polar surface area (TPSA) is 35.2 Å². The summed E-state index contributed by atoms with van der Waals surface area (Å²) in [7, 11) is 0. The molecule has 1 saturated carbocycles. The van der Waals surface area contributed by atoms with E-state index in [-0.39, 0.29) is 5.60 Å². The monoisotopic (exact) mass is 213 g/mol. The zero-order chi connectivity index (χ0) is 11.7. The zero-order valence-corrected chi connectivity index (χ0v) is 11.0. The molecule has 0 bridgehead atoms. The minimum absolute atomic E-state index is 0.169. The molecule has 0 spiro atoms. The zero-order valence-electron chi connectivity index (χ0n) is 11.0. The standard InChI is InChI=1S/C13H27NO/c1-10-6-11(8-12(2,3)7-10)15-13(4,5)9-14/h10-11H,6-9,14H2,1-5H3. The van der Waals surface area contributed by atoms with Crippen LogP contribution in [-0.4, -0.2) is 18.2 Å². The summed E-state index contributed by atoms with van der Waals surface area (Å²) < 4.78 is 6.11. The molecular formula is C13H27NO. The summed E-state index contributed by atoms with van der Waals surface area (Å²) in [5, 5.41) is 0. The molecule has 0 aromatic carbocycles. The molecule has 0 aromatic rings. The smallest absolute Gasteiger partial charge is 0.0751 e. The third kappa shape index (κ3) is 4.12. The summed E-state index contributed by atoms with van der Waals surface area (Å²) in [4.78, 5) is 0. The van der Waals surface area contributed by atoms with Crippen molar-refractivity contribution in [3.8, 4) is 0 Å². The third-order valence-corrected chi connectivity index (χ3v) is 3.32. The van der Waals surface area contributed by atoms with E-state index in [4.69, 9.17) is 10.5 Å². The van der Waals surface area contributed by atoms with Gasteiger partial charge in [0, 0.05) is 6.54 Å². The van der Waals surface area contributed by atoms with Gasteiger partial charge in [-0.05, 0) is 44.4 Å². The van der Waals surface area contributed by atoms with Crippen molar-refractivity contribution in [1.82, 2.24) is 0 Å². The first-order valence-electron chi connectivity index (χ1n) is 6.12. The Morgan fingerprint density at radius 1 is 1.33 bits per heavy atom. The fourth-order valence-corrected chi connectivity index (χ4v) is 2.85. The van der Waals surface area contributed by atoms with Gasteiger partial charge in [0.1, 0.15) is 0 Å². The second-order valence-corrected chi connectivity index (χ2v) is 6.62. The van der Waals surface area contributed by atoms with E-state index in [0.29, 0.717) is 18.1 Å². The van der Waals surface area contributed by atoms with E-state index < -0.39 is 0 Å². The summed E-state index contributed by atoms with van der Waals surface area (Å²) >= 11 is 0. The van der Waals surface area contributed by atoms with Gasteiger partial charge in [-0.1, -0.05) is 20.8 Å². The van der Waals surface area contributed by atoms with Crippen LogP contribution in [-0.2, 0) is 4.74 Å². The molecule has 1 aliphatic rings. The van der Waals surface area contributed by atoms with Gasteiger partial charge in [0.2, 0.25) is 0 Å². The number of hydrogen-bond donors (Lipinski definition) is 1. The van der Waals surface area contributed by atoms with E-state index in [0.717, 1.165) is 5.92 Å². The third-order valence-electron chi connectivity index (χ3n) is 3.32. The van der Waals surface area contributed by atoms with Crippen LogP contribution in [0, 0.1) is 11.3 Å². The SMILES string of the molecule is CC1CC(OC(C)(C)CN)CC(C)(C)C1. The first-order chi connectivity index (χ1) is 6.74. The summed E-state index contributed by atoms with van der Waals surface area (Å²) in [6, 6.07) is 0. The van der Waals surface area contributed by atoms with Crippen LogP contribution in [0.2, 0.25) is 0 Å². The summed E-state index contributed by atoms with van der Waals surface area (Å²) in [5.41, 5.74) is 5.96. The molecule has 2 N–H and O–H groups in total. The molecule has 1 aliphatic carbocycles. The first-order valence-corrected chi connectivity index (χ1v) is 6.12. The second-order valence-electron chi connectivity index (χ2n) is 6.62. The van der Waals surface area contributed by atoms with Crippen LogP contribution in [0.3, 0.4) is 0 Å². The second kappa shape index (κ2) is 4.42. The molecule has 2 nitrogen and oxygen atoms in total. The Kier molecular flexibility index (Phi) is 3.83. The van der Waals surface area contributed by atoms with Gasteiger partial charge in [0.05, 0.1) is 11.7 Å². The largest absolute Gasteiger partial charge is 0.371 e. The Morgan fingerprint density at radius 2 is 1.93 bits per heavy atom. The number of nitrogens with two attached hydrogens (primary N) is 1. The summed E-state index contributed by atoms with van der Waals surface area (Å²) in [5.74, 6) is 0.771. The lowest BCUT2D eigenvalue weighted by Crippen LogP contribution is -2.42. The van der Waals surface area contributed by atoms with Crippen molar-refractivity contribution in [3.63, 3.8) is 0 Å². The highest BCUT2D eigenvalue weighted by atomic mass is 16.5. The van der Waals surface area contributed by atoms with E-state index in [9.17, 15) is 0 Å². The number of hydrogen-bond acceptors (Lipinski definition) is 2. The van der Waals surface area contributed by atoms with E-state index >= 15 is 0 Å². The van der Waals surface area contributed by atoms with Gasteiger partial charge in [0.25, 0.3) is 0 Å². The number of rotatable bonds is 3. The molecule has 1 fully saturated rings. The average Bonchev–Trinajstić information content (AvgIpc) is 1.99. The maximum Gasteiger partial charge on any atom is 0.0751 e. The van der Waals surface area contributed by atoms with Crippen LogP contribution in [0.5, 0.6) is 0 Å². The lowest BCUT2D eigenvalue weighted by Gasteiger charge is -2.41. The van der Waals surface area contributed by atoms with Crippen LogP contribution >= 0.6 is 0 Å². The quantitative estimate of drug-likeness (QED) is 0.782. The molecule has 15 heavy (non-hydrogen) atoms. The average molecular weight is 213 g/mol. The van der Waals surface area contributed by atoms with Crippen LogP contribution < -0.4 is 5.73 Å². The highest BCUT2D eigenvalue weighted by Crippen LogP contribution is 2.40. The molecule has 2 unspecified atom stereocenters. The van der Waals surface area contributed by atoms with Gasteiger partial charge in [-0.3, -0.25) is 0 Å². The van der Waals surface area contributed by atoms with Crippen LogP contribution in [0.15, 0.2) is 0 Å². The van der Waals surface area contributed by atoms with Gasteiger partial charge in [0.15, 0.2) is 0 Å². The van der Waals surface area contributed by atoms with Crippen molar-refractivity contribution in [1.29, 1.82) is 0 Å². The Bertz CT molecular complexity index is 211. The molecule has 2 heteroatoms. The lowest BCUT2D eigenvalue weighted by atomic mass is 9.71. The molecule has 2 atom stereocenters. The fraction of sp³-hybridized carbons (Fsp3) is 1.00. The minimum Gasteiger partial charge on any atom is -0.371 e. The van der Waals surface area contributed by atoms with Gasteiger partial charge >= 0.3 is 0 Å². The minimum atomic E-state index is -0.169. The summed E-state index contributed by atoms with van der Waals surface area (Å²) in [6.45, 7) is 11.8. The van der Waals surface area contributed by atoms with Crippen molar-refractivity contribution in [3.05, 3.63) is 0 Å². The van der Waals surface area contributed by atoms with E-state index in [2.05, 4.69) is 34.6 Å². The Labute approximate surface area is 94.6 Å². The van der Waals surface area contributed by atoms with Crippen molar-refractivity contribution in [2.24, 2.45) is 17.1 Å². The highest BCUT2D eigenvalue weighted by Gasteiger charge is 2.34. The predicted molar refractivity (Wildman–Crippen MR) is 64.8 cm³/mol. The Hall–Kier alpha value is -0.0800. The maximum atomic E-state index is 6.11. The molecule has 0 radical (unpaired) electrons. The fourth-order valence-electron chi connectivity index (χ4n) is 2.85. The Balaban J connectivity index is 2.56. The first kappa shape index (κ1) is 13.0. The van der Waals surface area contributed by atoms with E-state index in [1.807, 2.05) is 0 Å². The molecule has 0 aliphatic heterocycles. The molecule has 0 amide bonds. The highest BCUT2D eigenvalue weighted by molar-refractivity contribution is 4.85. The van der Waals surface area contributed by atoms with Gasteiger partial charge in [-0.2, -0.15) is 0 Å². The lowest BCUT2D eigenvalue weighted by molar-refractivity contribution is -0.104. The summed E-state index contributed by atoms with van der Waals surface area (Å²) in [6.07, 6.45) is 4.06. The molecule has 0 saturated heterocycles. The molecular weight excluding hydrogens is 186 g/mol. The molecule has 1 rings (SSSR count). The van der Waals surface area contributed by atoms with E-state index in [1.165, 1.54) is 19.3 Å². The van der Waals surface area contributed by atoms with Gasteiger partial charge in [-0.15, -0.1) is 0 Å².